The molecule has 0 saturated heterocycles. The molecule has 0 radical (unpaired) electrons. The van der Waals surface area contributed by atoms with Gasteiger partial charge in [-0.05, 0) is 49.4 Å². The Morgan fingerprint density at radius 1 is 1.10 bits per heavy atom. The molecule has 30 heavy (non-hydrogen) atoms. The van der Waals surface area contributed by atoms with Crippen LogP contribution in [0.2, 0.25) is 5.02 Å². The van der Waals surface area contributed by atoms with E-state index >= 15 is 0 Å². The SMILES string of the molecule is COc1ccc(Cl)cc1NC(=O)[C@@H](C)OC(=O)c1ccc(COc2ccccc2)o1. The van der Waals surface area contributed by atoms with Gasteiger partial charge in [0.2, 0.25) is 5.76 Å². The topological polar surface area (TPSA) is 87.0 Å². The maximum atomic E-state index is 12.4. The predicted octanol–water partition coefficient (Wildman–Crippen LogP) is 4.70. The van der Waals surface area contributed by atoms with Crippen molar-refractivity contribution in [1.82, 2.24) is 0 Å². The van der Waals surface area contributed by atoms with E-state index in [-0.39, 0.29) is 12.4 Å². The third kappa shape index (κ3) is 5.55. The zero-order valence-corrected chi connectivity index (χ0v) is 17.1. The number of esters is 1. The minimum atomic E-state index is -1.07. The zero-order chi connectivity index (χ0) is 21.5. The van der Waals surface area contributed by atoms with E-state index in [2.05, 4.69) is 5.32 Å². The van der Waals surface area contributed by atoms with Gasteiger partial charge in [-0.15, -0.1) is 0 Å². The van der Waals surface area contributed by atoms with Crippen LogP contribution in [0.4, 0.5) is 5.69 Å². The van der Waals surface area contributed by atoms with Gasteiger partial charge in [-0.2, -0.15) is 0 Å². The molecular weight excluding hydrogens is 410 g/mol. The number of anilines is 1. The molecule has 0 fully saturated rings. The second kappa shape index (κ2) is 9.84. The molecule has 1 aromatic heterocycles. The van der Waals surface area contributed by atoms with Crippen LogP contribution in [0.3, 0.4) is 0 Å². The highest BCUT2D eigenvalue weighted by Gasteiger charge is 2.22. The second-order valence-corrected chi connectivity index (χ2v) is 6.69. The Bertz CT molecular complexity index is 1020. The molecule has 0 aliphatic heterocycles. The van der Waals surface area contributed by atoms with Gasteiger partial charge < -0.3 is 23.9 Å². The van der Waals surface area contributed by atoms with E-state index in [1.54, 1.807) is 24.3 Å². The van der Waals surface area contributed by atoms with Crippen LogP contribution in [0.1, 0.15) is 23.2 Å². The standard InChI is InChI=1S/C22H20ClNO6/c1-14(21(25)24-18-12-15(23)8-10-19(18)27-2)29-22(26)20-11-9-17(30-20)13-28-16-6-4-3-5-7-16/h3-12,14H,13H2,1-2H3,(H,24,25)/t14-/m1/s1. The molecule has 1 atom stereocenters. The van der Waals surface area contributed by atoms with Crippen molar-refractivity contribution < 1.29 is 28.2 Å². The number of furan rings is 1. The van der Waals surface area contributed by atoms with Gasteiger partial charge >= 0.3 is 5.97 Å². The Morgan fingerprint density at radius 2 is 1.87 bits per heavy atom. The average Bonchev–Trinajstić information content (AvgIpc) is 3.22. The molecule has 156 valence electrons. The first-order valence-corrected chi connectivity index (χ1v) is 9.46. The van der Waals surface area contributed by atoms with E-state index in [4.69, 9.17) is 30.2 Å². The Labute approximate surface area is 178 Å². The van der Waals surface area contributed by atoms with Crippen molar-refractivity contribution in [3.05, 3.63) is 77.2 Å². The third-order valence-corrected chi connectivity index (χ3v) is 4.29. The number of amides is 1. The van der Waals surface area contributed by atoms with Gasteiger partial charge in [0.1, 0.15) is 23.9 Å². The lowest BCUT2D eigenvalue weighted by molar-refractivity contribution is -0.123. The summed E-state index contributed by atoms with van der Waals surface area (Å²) in [5.41, 5.74) is 0.372. The van der Waals surface area contributed by atoms with Crippen molar-refractivity contribution in [3.8, 4) is 11.5 Å². The molecule has 7 nitrogen and oxygen atoms in total. The molecule has 1 heterocycles. The summed E-state index contributed by atoms with van der Waals surface area (Å²) in [6.45, 7) is 1.61. The number of hydrogen-bond acceptors (Lipinski definition) is 6. The number of nitrogens with one attached hydrogen (secondary N) is 1. The van der Waals surface area contributed by atoms with Crippen molar-refractivity contribution >= 4 is 29.2 Å². The van der Waals surface area contributed by atoms with Crippen molar-refractivity contribution in [2.75, 3.05) is 12.4 Å². The molecule has 1 amide bonds. The number of carbonyl (C=O) groups excluding carboxylic acids is 2. The third-order valence-electron chi connectivity index (χ3n) is 4.06. The molecule has 8 heteroatoms. The molecule has 0 unspecified atom stereocenters. The molecule has 0 aliphatic carbocycles. The number of benzene rings is 2. The molecular formula is C22H20ClNO6. The minimum absolute atomic E-state index is 0.0263. The molecule has 0 saturated carbocycles. The fourth-order valence-electron chi connectivity index (χ4n) is 2.52. The van der Waals surface area contributed by atoms with E-state index in [0.717, 1.165) is 0 Å². The first-order chi connectivity index (χ1) is 14.5. The Hall–Kier alpha value is -3.45. The summed E-state index contributed by atoms with van der Waals surface area (Å²) in [5, 5.41) is 3.05. The number of rotatable bonds is 8. The van der Waals surface area contributed by atoms with E-state index in [9.17, 15) is 9.59 Å². The minimum Gasteiger partial charge on any atom is -0.495 e. The fourth-order valence-corrected chi connectivity index (χ4v) is 2.69. The summed E-state index contributed by atoms with van der Waals surface area (Å²) in [6.07, 6.45) is -1.07. The van der Waals surface area contributed by atoms with Crippen LogP contribution in [0.25, 0.3) is 0 Å². The zero-order valence-electron chi connectivity index (χ0n) is 16.4. The molecule has 3 aromatic rings. The van der Waals surface area contributed by atoms with Crippen LogP contribution >= 0.6 is 11.6 Å². The van der Waals surface area contributed by atoms with Crippen LogP contribution in [-0.4, -0.2) is 25.1 Å². The number of ether oxygens (including phenoxy) is 3. The maximum Gasteiger partial charge on any atom is 0.375 e. The number of halogens is 1. The van der Waals surface area contributed by atoms with Crippen LogP contribution in [0.5, 0.6) is 11.5 Å². The summed E-state index contributed by atoms with van der Waals surface area (Å²) in [5.74, 6) is 0.234. The molecule has 0 aliphatic rings. The van der Waals surface area contributed by atoms with Gasteiger partial charge in [-0.25, -0.2) is 4.79 Å². The van der Waals surface area contributed by atoms with Crippen LogP contribution in [0.15, 0.2) is 65.1 Å². The van der Waals surface area contributed by atoms with Crippen LogP contribution in [-0.2, 0) is 16.1 Å². The van der Waals surface area contributed by atoms with E-state index in [1.165, 1.54) is 20.1 Å². The Kier molecular flexibility index (Phi) is 6.98. The first kappa shape index (κ1) is 21.3. The summed E-state index contributed by atoms with van der Waals surface area (Å²) >= 11 is 5.95. The van der Waals surface area contributed by atoms with Crippen molar-refractivity contribution in [1.29, 1.82) is 0 Å². The Morgan fingerprint density at radius 3 is 2.60 bits per heavy atom. The lowest BCUT2D eigenvalue weighted by Crippen LogP contribution is -2.30. The largest absolute Gasteiger partial charge is 0.495 e. The maximum absolute atomic E-state index is 12.4. The van der Waals surface area contributed by atoms with Gasteiger partial charge in [0.25, 0.3) is 5.91 Å². The number of para-hydroxylation sites is 1. The second-order valence-electron chi connectivity index (χ2n) is 6.25. The smallest absolute Gasteiger partial charge is 0.375 e. The fraction of sp³-hybridized carbons (Fsp3) is 0.182. The van der Waals surface area contributed by atoms with Gasteiger partial charge in [-0.3, -0.25) is 4.79 Å². The van der Waals surface area contributed by atoms with Gasteiger partial charge in [0.05, 0.1) is 12.8 Å². The molecule has 3 rings (SSSR count). The number of methoxy groups -OCH3 is 1. The highest BCUT2D eigenvalue weighted by Crippen LogP contribution is 2.28. The number of carbonyl (C=O) groups is 2. The summed E-state index contributed by atoms with van der Waals surface area (Å²) in [7, 11) is 1.47. The monoisotopic (exact) mass is 429 g/mol. The van der Waals surface area contributed by atoms with E-state index in [1.807, 2.05) is 30.3 Å². The molecule has 0 bridgehead atoms. The molecule has 0 spiro atoms. The molecule has 2 aromatic carbocycles. The van der Waals surface area contributed by atoms with Crippen molar-refractivity contribution in [3.63, 3.8) is 0 Å². The average molecular weight is 430 g/mol. The van der Waals surface area contributed by atoms with Crippen LogP contribution < -0.4 is 14.8 Å². The summed E-state index contributed by atoms with van der Waals surface area (Å²) in [6, 6.07) is 17.1. The molecule has 1 N–H and O–H groups in total. The lowest BCUT2D eigenvalue weighted by Gasteiger charge is -2.15. The lowest BCUT2D eigenvalue weighted by atomic mass is 10.2. The summed E-state index contributed by atoms with van der Waals surface area (Å²) < 4.78 is 21.4. The number of hydrogen-bond donors (Lipinski definition) is 1. The van der Waals surface area contributed by atoms with Gasteiger partial charge in [0, 0.05) is 5.02 Å². The quantitative estimate of drug-likeness (QED) is 0.522. The van der Waals surface area contributed by atoms with E-state index in [0.29, 0.717) is 28.0 Å². The van der Waals surface area contributed by atoms with Gasteiger partial charge in [-0.1, -0.05) is 29.8 Å². The van der Waals surface area contributed by atoms with Gasteiger partial charge in [0.15, 0.2) is 6.10 Å². The summed E-state index contributed by atoms with van der Waals surface area (Å²) in [4.78, 5) is 24.7. The van der Waals surface area contributed by atoms with Crippen LogP contribution in [0, 0.1) is 0 Å². The first-order valence-electron chi connectivity index (χ1n) is 9.08. The van der Waals surface area contributed by atoms with E-state index < -0.39 is 18.0 Å². The predicted molar refractivity (Wildman–Crippen MR) is 111 cm³/mol. The normalized spacial score (nSPS) is 11.4. The Balaban J connectivity index is 1.56. The highest BCUT2D eigenvalue weighted by atomic mass is 35.5. The van der Waals surface area contributed by atoms with Crippen molar-refractivity contribution in [2.24, 2.45) is 0 Å². The van der Waals surface area contributed by atoms with Crippen molar-refractivity contribution in [2.45, 2.75) is 19.6 Å². The highest BCUT2D eigenvalue weighted by molar-refractivity contribution is 6.31.